The van der Waals surface area contributed by atoms with Crippen molar-refractivity contribution in [3.05, 3.63) is 60.2 Å². The van der Waals surface area contributed by atoms with Gasteiger partial charge >= 0.3 is 5.97 Å². The fourth-order valence-electron chi connectivity index (χ4n) is 5.09. The van der Waals surface area contributed by atoms with Gasteiger partial charge in [0, 0.05) is 13.0 Å². The lowest BCUT2D eigenvalue weighted by molar-refractivity contribution is -0.162. The normalized spacial score (nSPS) is 20.0. The van der Waals surface area contributed by atoms with Gasteiger partial charge in [0.15, 0.2) is 11.7 Å². The van der Waals surface area contributed by atoms with Gasteiger partial charge in [-0.25, -0.2) is 0 Å². The molecule has 2 fully saturated rings. The van der Waals surface area contributed by atoms with Gasteiger partial charge in [0.25, 0.3) is 0 Å². The minimum atomic E-state index is -1.49. The highest BCUT2D eigenvalue weighted by atomic mass is 16.4. The number of rotatable bonds is 6. The van der Waals surface area contributed by atoms with Gasteiger partial charge < -0.3 is 15.3 Å². The number of nitrogens with one attached hydrogen (secondary N) is 1. The summed E-state index contributed by atoms with van der Waals surface area (Å²) in [5, 5.41) is 11.1. The number of carbonyl (C=O) groups is 4. The minimum absolute atomic E-state index is 0.131. The lowest BCUT2D eigenvalue weighted by Gasteiger charge is -2.50. The van der Waals surface area contributed by atoms with Crippen LogP contribution in [0.3, 0.4) is 0 Å². The average Bonchev–Trinajstić information content (AvgIpc) is 2.82. The smallest absolute Gasteiger partial charge is 0.322 e. The Balaban J connectivity index is 1.59. The molecule has 2 aliphatic rings. The van der Waals surface area contributed by atoms with E-state index in [0.717, 1.165) is 48.8 Å². The Kier molecular flexibility index (Phi) is 6.58. The standard InChI is InChI=1S/C26H28N2O5/c29-21-15-26(13-5-2-6-14-26)28(25(33)23(21)24(32)27-16-22(30)31)17-18-9-11-20(12-10-18)19-7-3-1-4-8-19/h1,3-4,7-12,23H,2,5-6,13-17H2,(H,27,32)(H,30,31). The molecule has 172 valence electrons. The zero-order chi connectivity index (χ0) is 23.4. The van der Waals surface area contributed by atoms with Gasteiger partial charge in [-0.15, -0.1) is 0 Å². The van der Waals surface area contributed by atoms with E-state index >= 15 is 0 Å². The van der Waals surface area contributed by atoms with E-state index in [0.29, 0.717) is 6.54 Å². The zero-order valence-electron chi connectivity index (χ0n) is 18.5. The van der Waals surface area contributed by atoms with Crippen molar-refractivity contribution in [3.8, 4) is 11.1 Å². The number of carboxylic acids is 1. The summed E-state index contributed by atoms with van der Waals surface area (Å²) in [4.78, 5) is 51.5. The Morgan fingerprint density at radius 2 is 1.58 bits per heavy atom. The molecule has 1 spiro atoms. The van der Waals surface area contributed by atoms with Gasteiger partial charge in [0.1, 0.15) is 6.54 Å². The first kappa shape index (κ1) is 22.7. The lowest BCUT2D eigenvalue weighted by atomic mass is 9.71. The number of hydrogen-bond acceptors (Lipinski definition) is 4. The van der Waals surface area contributed by atoms with E-state index in [1.807, 2.05) is 54.6 Å². The summed E-state index contributed by atoms with van der Waals surface area (Å²) in [7, 11) is 0. The molecule has 1 unspecified atom stereocenters. The Labute approximate surface area is 192 Å². The Hall–Kier alpha value is -3.48. The maximum atomic E-state index is 13.5. The number of piperidine rings is 1. The third kappa shape index (κ3) is 4.82. The molecule has 1 saturated carbocycles. The molecule has 7 heteroatoms. The highest BCUT2D eigenvalue weighted by molar-refractivity contribution is 6.20. The van der Waals surface area contributed by atoms with Crippen LogP contribution >= 0.6 is 0 Å². The average molecular weight is 449 g/mol. The fourth-order valence-corrected chi connectivity index (χ4v) is 5.09. The number of Topliss-reactive ketones (excluding diaryl/α,β-unsaturated/α-hetero) is 1. The second kappa shape index (κ2) is 9.57. The van der Waals surface area contributed by atoms with Crippen molar-refractivity contribution in [2.45, 2.75) is 50.6 Å². The monoisotopic (exact) mass is 448 g/mol. The van der Waals surface area contributed by atoms with E-state index in [1.54, 1.807) is 4.90 Å². The van der Waals surface area contributed by atoms with Crippen LogP contribution in [0.15, 0.2) is 54.6 Å². The van der Waals surface area contributed by atoms with Gasteiger partial charge in [-0.3, -0.25) is 19.2 Å². The van der Waals surface area contributed by atoms with Crippen molar-refractivity contribution < 1.29 is 24.3 Å². The number of carbonyl (C=O) groups excluding carboxylic acids is 3. The molecule has 2 aromatic rings. The Morgan fingerprint density at radius 1 is 0.939 bits per heavy atom. The first-order chi connectivity index (χ1) is 15.9. The molecule has 33 heavy (non-hydrogen) atoms. The fraction of sp³-hybridized carbons (Fsp3) is 0.385. The van der Waals surface area contributed by atoms with E-state index < -0.39 is 41.6 Å². The minimum Gasteiger partial charge on any atom is -0.480 e. The first-order valence-electron chi connectivity index (χ1n) is 11.4. The maximum absolute atomic E-state index is 13.5. The molecule has 1 aliphatic carbocycles. The molecular formula is C26H28N2O5. The van der Waals surface area contributed by atoms with Gasteiger partial charge in [-0.1, -0.05) is 73.9 Å². The molecule has 2 aromatic carbocycles. The van der Waals surface area contributed by atoms with Crippen LogP contribution in [-0.4, -0.2) is 45.7 Å². The van der Waals surface area contributed by atoms with Crippen LogP contribution in [0, 0.1) is 5.92 Å². The quantitative estimate of drug-likeness (QED) is 0.661. The number of aliphatic carboxylic acids is 1. The predicted octanol–water partition coefficient (Wildman–Crippen LogP) is 3.17. The molecule has 1 aliphatic heterocycles. The van der Waals surface area contributed by atoms with Crippen molar-refractivity contribution in [1.82, 2.24) is 10.2 Å². The maximum Gasteiger partial charge on any atom is 0.322 e. The van der Waals surface area contributed by atoms with E-state index in [1.165, 1.54) is 0 Å². The molecule has 1 heterocycles. The second-order valence-corrected chi connectivity index (χ2v) is 8.96. The van der Waals surface area contributed by atoms with E-state index in [9.17, 15) is 19.2 Å². The van der Waals surface area contributed by atoms with Crippen molar-refractivity contribution in [1.29, 1.82) is 0 Å². The summed E-state index contributed by atoms with van der Waals surface area (Å²) in [6, 6.07) is 18.0. The molecule has 1 saturated heterocycles. The van der Waals surface area contributed by atoms with Crippen molar-refractivity contribution in [3.63, 3.8) is 0 Å². The van der Waals surface area contributed by atoms with Crippen molar-refractivity contribution in [2.75, 3.05) is 6.54 Å². The molecule has 2 N–H and O–H groups in total. The molecule has 0 radical (unpaired) electrons. The number of ketones is 1. The van der Waals surface area contributed by atoms with Gasteiger partial charge in [0.2, 0.25) is 11.8 Å². The molecule has 1 atom stereocenters. The Bertz CT molecular complexity index is 1040. The largest absolute Gasteiger partial charge is 0.480 e. The van der Waals surface area contributed by atoms with E-state index in [-0.39, 0.29) is 6.42 Å². The van der Waals surface area contributed by atoms with Crippen LogP contribution in [0.5, 0.6) is 0 Å². The molecule has 0 aromatic heterocycles. The van der Waals surface area contributed by atoms with Gasteiger partial charge in [0.05, 0.1) is 5.54 Å². The van der Waals surface area contributed by atoms with Crippen LogP contribution in [0.1, 0.15) is 44.1 Å². The molecule has 0 bridgehead atoms. The van der Waals surface area contributed by atoms with Crippen LogP contribution in [0.2, 0.25) is 0 Å². The summed E-state index contributed by atoms with van der Waals surface area (Å²) in [5.74, 6) is -4.48. The predicted molar refractivity (Wildman–Crippen MR) is 122 cm³/mol. The first-order valence-corrected chi connectivity index (χ1v) is 11.4. The van der Waals surface area contributed by atoms with Crippen molar-refractivity contribution >= 4 is 23.6 Å². The summed E-state index contributed by atoms with van der Waals surface area (Å²) < 4.78 is 0. The van der Waals surface area contributed by atoms with Crippen LogP contribution in [-0.2, 0) is 25.7 Å². The topological polar surface area (TPSA) is 104 Å². The third-order valence-corrected chi connectivity index (χ3v) is 6.77. The van der Waals surface area contributed by atoms with Gasteiger partial charge in [-0.05, 0) is 29.5 Å². The van der Waals surface area contributed by atoms with Crippen LogP contribution in [0.4, 0.5) is 0 Å². The van der Waals surface area contributed by atoms with Gasteiger partial charge in [-0.2, -0.15) is 0 Å². The molecule has 7 nitrogen and oxygen atoms in total. The molecule has 4 rings (SSSR count). The number of amides is 2. The number of likely N-dealkylation sites (tertiary alicyclic amines) is 1. The number of benzene rings is 2. The van der Waals surface area contributed by atoms with Crippen LogP contribution < -0.4 is 5.32 Å². The highest BCUT2D eigenvalue weighted by Gasteiger charge is 2.52. The zero-order valence-corrected chi connectivity index (χ0v) is 18.5. The number of hydrogen-bond donors (Lipinski definition) is 2. The number of nitrogens with zero attached hydrogens (tertiary/aromatic N) is 1. The number of carboxylic acid groups (broad SMARTS) is 1. The highest BCUT2D eigenvalue weighted by Crippen LogP contribution is 2.42. The third-order valence-electron chi connectivity index (χ3n) is 6.77. The van der Waals surface area contributed by atoms with Crippen LogP contribution in [0.25, 0.3) is 11.1 Å². The molecular weight excluding hydrogens is 420 g/mol. The SMILES string of the molecule is O=C(O)CNC(=O)C1C(=O)CC2(CCCCC2)N(Cc2ccc(-c3ccccc3)cc2)C1=O. The lowest BCUT2D eigenvalue weighted by Crippen LogP contribution is -2.63. The summed E-state index contributed by atoms with van der Waals surface area (Å²) >= 11 is 0. The summed E-state index contributed by atoms with van der Waals surface area (Å²) in [6.45, 7) is -0.314. The van der Waals surface area contributed by atoms with E-state index in [4.69, 9.17) is 5.11 Å². The van der Waals surface area contributed by atoms with Crippen molar-refractivity contribution in [2.24, 2.45) is 5.92 Å². The van der Waals surface area contributed by atoms with E-state index in [2.05, 4.69) is 5.32 Å². The summed E-state index contributed by atoms with van der Waals surface area (Å²) in [6.07, 6.45) is 4.52. The molecule has 2 amide bonds. The Morgan fingerprint density at radius 3 is 2.21 bits per heavy atom. The second-order valence-electron chi connectivity index (χ2n) is 8.96. The summed E-state index contributed by atoms with van der Waals surface area (Å²) in [5.41, 5.74) is 2.51.